The van der Waals surface area contributed by atoms with Crippen molar-refractivity contribution in [3.8, 4) is 5.75 Å². The van der Waals surface area contributed by atoms with Crippen LogP contribution < -0.4 is 4.74 Å². The average Bonchev–Trinajstić information content (AvgIpc) is 3.01. The zero-order valence-corrected chi connectivity index (χ0v) is 14.2. The maximum Gasteiger partial charge on any atom is 0.573 e. The third kappa shape index (κ3) is 4.02. The van der Waals surface area contributed by atoms with Crippen molar-refractivity contribution in [3.63, 3.8) is 0 Å². The minimum Gasteiger partial charge on any atom is -0.404 e. The van der Waals surface area contributed by atoms with Gasteiger partial charge in [0.05, 0.1) is 5.25 Å². The van der Waals surface area contributed by atoms with Crippen LogP contribution in [-0.4, -0.2) is 37.6 Å². The van der Waals surface area contributed by atoms with E-state index in [1.54, 1.807) is 0 Å². The third-order valence-electron chi connectivity index (χ3n) is 3.66. The van der Waals surface area contributed by atoms with Gasteiger partial charge in [0.1, 0.15) is 10.6 Å². The van der Waals surface area contributed by atoms with Crippen LogP contribution in [0.1, 0.15) is 25.7 Å². The van der Waals surface area contributed by atoms with Crippen molar-refractivity contribution in [2.24, 2.45) is 0 Å². The average molecular weight is 398 g/mol. The number of benzene rings is 1. The summed E-state index contributed by atoms with van der Waals surface area (Å²) in [6.07, 6.45) is -3.73. The lowest BCUT2D eigenvalue weighted by Gasteiger charge is -2.13. The lowest BCUT2D eigenvalue weighted by Crippen LogP contribution is -2.33. The van der Waals surface area contributed by atoms with Gasteiger partial charge >= 0.3 is 10.7 Å². The van der Waals surface area contributed by atoms with E-state index in [0.29, 0.717) is 12.8 Å². The van der Waals surface area contributed by atoms with E-state index in [4.69, 9.17) is 5.53 Å². The van der Waals surface area contributed by atoms with E-state index in [0.717, 1.165) is 24.3 Å². The Bertz CT molecular complexity index is 913. The van der Waals surface area contributed by atoms with E-state index < -0.39 is 46.3 Å². The fraction of sp³-hybridized carbons (Fsp3) is 0.462. The summed E-state index contributed by atoms with van der Waals surface area (Å²) >= 11 is 0. The summed E-state index contributed by atoms with van der Waals surface area (Å²) in [6.45, 7) is 0. The predicted octanol–water partition coefficient (Wildman–Crippen LogP) is 2.30. The first kappa shape index (κ1) is 19.4. The van der Waals surface area contributed by atoms with Gasteiger partial charge in [-0.05, 0) is 25.0 Å². The lowest BCUT2D eigenvalue weighted by atomic mass is 10.3. The van der Waals surface area contributed by atoms with E-state index in [9.17, 15) is 30.0 Å². The molecule has 0 atom stereocenters. The summed E-state index contributed by atoms with van der Waals surface area (Å²) in [5, 5.41) is -1.07. The molecule has 0 bridgehead atoms. The zero-order chi connectivity index (χ0) is 18.9. The van der Waals surface area contributed by atoms with Gasteiger partial charge in [0.15, 0.2) is 0 Å². The lowest BCUT2D eigenvalue weighted by molar-refractivity contribution is -0.275. The molecule has 2 rings (SSSR count). The largest absolute Gasteiger partial charge is 0.573 e. The molecule has 12 heteroatoms. The highest BCUT2D eigenvalue weighted by Gasteiger charge is 2.49. The molecule has 0 saturated heterocycles. The Morgan fingerprint density at radius 1 is 1.12 bits per heavy atom. The Kier molecular flexibility index (Phi) is 5.26. The predicted molar refractivity (Wildman–Crippen MR) is 80.1 cm³/mol. The van der Waals surface area contributed by atoms with Crippen molar-refractivity contribution < 1.29 is 39.5 Å². The van der Waals surface area contributed by atoms with Gasteiger partial charge in [-0.25, -0.2) is 16.8 Å². The molecule has 1 saturated carbocycles. The summed E-state index contributed by atoms with van der Waals surface area (Å²) in [6, 6.07) is 3.64. The molecule has 1 aromatic carbocycles. The van der Waals surface area contributed by atoms with Gasteiger partial charge in [0.25, 0.3) is 19.7 Å². The molecule has 0 radical (unpaired) electrons. The monoisotopic (exact) mass is 398 g/mol. The van der Waals surface area contributed by atoms with Crippen LogP contribution in [0.4, 0.5) is 13.2 Å². The van der Waals surface area contributed by atoms with Crippen LogP contribution in [0.3, 0.4) is 0 Å². The first-order chi connectivity index (χ1) is 11.5. The number of halogens is 3. The first-order valence-corrected chi connectivity index (χ1v) is 10.1. The number of alkyl halides is 3. The Morgan fingerprint density at radius 2 is 1.68 bits per heavy atom. The molecule has 0 unspecified atom stereocenters. The second kappa shape index (κ2) is 6.77. The van der Waals surface area contributed by atoms with Crippen LogP contribution in [0.5, 0.6) is 5.75 Å². The molecule has 7 nitrogen and oxygen atoms in total. The van der Waals surface area contributed by atoms with Crippen LogP contribution in [0, 0.1) is 0 Å². The zero-order valence-electron chi connectivity index (χ0n) is 12.6. The summed E-state index contributed by atoms with van der Waals surface area (Å²) in [4.78, 5) is 1.34. The number of rotatable bonds is 3. The molecule has 0 heterocycles. The van der Waals surface area contributed by atoms with Gasteiger partial charge in [0.2, 0.25) is 0 Å². The van der Waals surface area contributed by atoms with Crippen LogP contribution in [-0.2, 0) is 19.7 Å². The van der Waals surface area contributed by atoms with Gasteiger partial charge in [0, 0.05) is 0 Å². The molecule has 138 valence electrons. The number of nitrogens with zero attached hydrogens (tertiary/aromatic N) is 2. The molecular weight excluding hydrogens is 385 g/mol. The number of ether oxygens (including phenoxy) is 1. The van der Waals surface area contributed by atoms with E-state index in [-0.39, 0.29) is 12.8 Å². The van der Waals surface area contributed by atoms with Crippen LogP contribution in [0.15, 0.2) is 29.2 Å². The standard InChI is InChI=1S/C13H13F3N2O5S2/c14-13(15,16)23-10-7-3-4-8-11(10)25(21,22)12(18-17)24(19,20)9-5-1-2-6-9/h3-4,7-9H,1-2,5-6H2. The van der Waals surface area contributed by atoms with E-state index in [2.05, 4.69) is 9.53 Å². The Labute approximate surface area is 141 Å². The fourth-order valence-electron chi connectivity index (χ4n) is 2.58. The number of sulfone groups is 2. The topological polar surface area (TPSA) is 114 Å². The van der Waals surface area contributed by atoms with Crippen molar-refractivity contribution in [3.05, 3.63) is 29.8 Å². The second-order valence-corrected chi connectivity index (χ2v) is 9.55. The van der Waals surface area contributed by atoms with Gasteiger partial charge in [-0.15, -0.1) is 18.0 Å². The Hall–Kier alpha value is -1.91. The van der Waals surface area contributed by atoms with Crippen molar-refractivity contribution in [2.75, 3.05) is 0 Å². The minimum absolute atomic E-state index is 0.178. The molecule has 0 spiro atoms. The quantitative estimate of drug-likeness (QED) is 0.335. The van der Waals surface area contributed by atoms with Gasteiger partial charge < -0.3 is 10.3 Å². The van der Waals surface area contributed by atoms with Crippen molar-refractivity contribution in [1.29, 1.82) is 0 Å². The molecule has 0 amide bonds. The first-order valence-electron chi connectivity index (χ1n) is 7.06. The van der Waals surface area contributed by atoms with Crippen molar-refractivity contribution >= 4 is 24.1 Å². The number of para-hydroxylation sites is 1. The summed E-state index contributed by atoms with van der Waals surface area (Å²) in [5.74, 6) is -1.11. The van der Waals surface area contributed by atoms with Crippen LogP contribution in [0.25, 0.3) is 5.53 Å². The number of hydrogen-bond acceptors (Lipinski definition) is 5. The maximum atomic E-state index is 12.6. The number of hydrogen-bond donors (Lipinski definition) is 0. The summed E-state index contributed by atoms with van der Waals surface area (Å²) in [7, 11) is -9.60. The molecule has 1 aliphatic rings. The summed E-state index contributed by atoms with van der Waals surface area (Å²) < 4.78 is 89.4. The Morgan fingerprint density at radius 3 is 2.20 bits per heavy atom. The highest BCUT2D eigenvalue weighted by atomic mass is 32.3. The van der Waals surface area contributed by atoms with Gasteiger partial charge in [-0.3, -0.25) is 0 Å². The SMILES string of the molecule is [N-]=[N+]=C(S(=O)(=O)c1ccccc1OC(F)(F)F)S(=O)(=O)C1CCCC1. The molecular formula is C13H13F3N2O5S2. The van der Waals surface area contributed by atoms with Crippen molar-refractivity contribution in [2.45, 2.75) is 42.2 Å². The smallest absolute Gasteiger partial charge is 0.404 e. The normalized spacial score (nSPS) is 16.4. The fourth-order valence-corrected chi connectivity index (χ4v) is 6.76. The molecule has 1 fully saturated rings. The second-order valence-electron chi connectivity index (χ2n) is 5.32. The van der Waals surface area contributed by atoms with Gasteiger partial charge in [-0.2, -0.15) is 0 Å². The molecule has 0 aromatic heterocycles. The van der Waals surface area contributed by atoms with E-state index in [1.807, 2.05) is 0 Å². The highest BCUT2D eigenvalue weighted by molar-refractivity contribution is 8.31. The Balaban J connectivity index is 2.56. The maximum absolute atomic E-state index is 12.6. The van der Waals surface area contributed by atoms with Crippen molar-refractivity contribution in [1.82, 2.24) is 0 Å². The molecule has 0 N–H and O–H groups in total. The summed E-state index contributed by atoms with van der Waals surface area (Å²) in [5.41, 5.74) is 9.01. The van der Waals surface area contributed by atoms with Crippen LogP contribution in [0.2, 0.25) is 0 Å². The molecule has 25 heavy (non-hydrogen) atoms. The van der Waals surface area contributed by atoms with Crippen LogP contribution >= 0.6 is 0 Å². The van der Waals surface area contributed by atoms with E-state index >= 15 is 0 Å². The van der Waals surface area contributed by atoms with Gasteiger partial charge in [-0.1, -0.05) is 25.0 Å². The third-order valence-corrected chi connectivity index (χ3v) is 8.39. The minimum atomic E-state index is -5.19. The van der Waals surface area contributed by atoms with E-state index in [1.165, 1.54) is 0 Å². The molecule has 1 aliphatic carbocycles. The molecule has 1 aromatic rings. The molecule has 0 aliphatic heterocycles. The highest BCUT2D eigenvalue weighted by Crippen LogP contribution is 2.33.